The van der Waals surface area contributed by atoms with Gasteiger partial charge in [-0.2, -0.15) is 0 Å². The van der Waals surface area contributed by atoms with Crippen molar-refractivity contribution in [3.63, 3.8) is 0 Å². The molecule has 0 aliphatic heterocycles. The van der Waals surface area contributed by atoms with Crippen LogP contribution in [0, 0.1) is 6.92 Å². The van der Waals surface area contributed by atoms with Gasteiger partial charge in [-0.15, -0.1) is 0 Å². The number of carbonyl (C=O) groups is 3. The number of carbonyl (C=O) groups excluding carboxylic acids is 3. The molecule has 9 heteroatoms. The van der Waals surface area contributed by atoms with E-state index < -0.39 is 18.0 Å². The first-order chi connectivity index (χ1) is 18.9. The third-order valence-electron chi connectivity index (χ3n) is 6.81. The zero-order valence-electron chi connectivity index (χ0n) is 22.8. The molecule has 0 bridgehead atoms. The number of hydrogen-bond acceptors (Lipinski definition) is 4. The van der Waals surface area contributed by atoms with E-state index in [0.29, 0.717) is 38.0 Å². The van der Waals surface area contributed by atoms with E-state index in [2.05, 4.69) is 34.0 Å². The molecule has 1 heterocycles. The van der Waals surface area contributed by atoms with Crippen molar-refractivity contribution < 1.29 is 25.9 Å². The Morgan fingerprint density at radius 3 is 2.46 bits per heavy atom. The number of quaternary nitrogens is 2. The minimum Gasteiger partial charge on any atom is -0.356 e. The molecule has 8 N–H and O–H groups in total. The van der Waals surface area contributed by atoms with E-state index in [4.69, 9.17) is 0 Å². The Balaban J connectivity index is 1.71. The highest BCUT2D eigenvalue weighted by molar-refractivity contribution is 5.99. The average Bonchev–Trinajstić information content (AvgIpc) is 2.95. The van der Waals surface area contributed by atoms with Gasteiger partial charge in [0.2, 0.25) is 11.8 Å². The molecule has 2 aromatic carbocycles. The Hall–Kier alpha value is -3.95. The molecule has 3 atom stereocenters. The molecule has 3 rings (SSSR count). The predicted octanol–water partition coefficient (Wildman–Crippen LogP) is 1.36. The van der Waals surface area contributed by atoms with Crippen LogP contribution in [-0.2, 0) is 20.8 Å². The second-order valence-corrected chi connectivity index (χ2v) is 9.68. The molecule has 0 saturated carbocycles. The number of rotatable bonds is 14. The minimum absolute atomic E-state index is 0.00512. The van der Waals surface area contributed by atoms with Crippen LogP contribution >= 0.6 is 0 Å². The van der Waals surface area contributed by atoms with E-state index in [1.807, 2.05) is 67.6 Å². The van der Waals surface area contributed by atoms with E-state index in [-0.39, 0.29) is 24.3 Å². The molecule has 206 valence electrons. The summed E-state index contributed by atoms with van der Waals surface area (Å²) in [6.07, 6.45) is 3.87. The number of aryl methyl sites for hydroxylation is 1. The SMILES string of the molecule is [CH2+]CCN(C(=O)CC([NH3+])C(=O)NC(CCc1ccccc1)C(=O)Nc1cnc2ccccc2c1)C(CC)C[NH3+]. The molecular formula is C30H41N6O3+3. The Kier molecular flexibility index (Phi) is 11.3. The van der Waals surface area contributed by atoms with Crippen LogP contribution in [0.4, 0.5) is 5.69 Å². The predicted molar refractivity (Wildman–Crippen MR) is 152 cm³/mol. The van der Waals surface area contributed by atoms with Crippen molar-refractivity contribution >= 4 is 34.3 Å². The number of nitrogens with zero attached hydrogens (tertiary/aromatic N) is 2. The molecule has 0 fully saturated rings. The summed E-state index contributed by atoms with van der Waals surface area (Å²) in [4.78, 5) is 45.7. The van der Waals surface area contributed by atoms with Gasteiger partial charge in [-0.05, 0) is 37.0 Å². The summed E-state index contributed by atoms with van der Waals surface area (Å²) in [7, 11) is 0. The number of fused-ring (bicyclic) bond motifs is 1. The third kappa shape index (κ3) is 8.53. The number of aromatic nitrogens is 1. The number of anilines is 1. The van der Waals surface area contributed by atoms with Crippen LogP contribution in [0.15, 0.2) is 66.9 Å². The fraction of sp³-hybridized carbons (Fsp3) is 0.367. The van der Waals surface area contributed by atoms with Gasteiger partial charge in [-0.3, -0.25) is 19.4 Å². The smallest absolute Gasteiger partial charge is 0.279 e. The summed E-state index contributed by atoms with van der Waals surface area (Å²) in [6, 6.07) is 17.6. The monoisotopic (exact) mass is 533 g/mol. The molecule has 0 aliphatic carbocycles. The summed E-state index contributed by atoms with van der Waals surface area (Å²) >= 11 is 0. The quantitative estimate of drug-likeness (QED) is 0.232. The Bertz CT molecular complexity index is 1230. The van der Waals surface area contributed by atoms with Crippen LogP contribution in [0.3, 0.4) is 0 Å². The molecule has 0 radical (unpaired) electrons. The van der Waals surface area contributed by atoms with Gasteiger partial charge in [0.05, 0.1) is 49.9 Å². The second kappa shape index (κ2) is 14.8. The van der Waals surface area contributed by atoms with E-state index >= 15 is 0 Å². The standard InChI is InChI=1S/C30H38N6O3/c1-3-16-36(24(4-2)19-31)28(37)18-25(32)29(38)35-27(15-14-21-10-6-5-7-11-21)30(39)34-23-17-22-12-8-9-13-26(22)33-20-23/h5-13,17,20,24-25,27H,1,3-4,14-16,18-19,31-32H2,2H3,(H-,34,35,38,39)/p+3. The number of nitrogens with one attached hydrogen (secondary N) is 2. The first-order valence-corrected chi connectivity index (χ1v) is 13.6. The van der Waals surface area contributed by atoms with Crippen molar-refractivity contribution in [2.45, 2.75) is 57.2 Å². The van der Waals surface area contributed by atoms with E-state index in [1.165, 1.54) is 0 Å². The number of pyridine rings is 1. The number of hydrogen-bond donors (Lipinski definition) is 4. The van der Waals surface area contributed by atoms with Crippen LogP contribution in [0.1, 0.15) is 38.2 Å². The lowest BCUT2D eigenvalue weighted by Gasteiger charge is -2.28. The molecule has 0 spiro atoms. The van der Waals surface area contributed by atoms with Gasteiger partial charge in [0.15, 0.2) is 6.04 Å². The Morgan fingerprint density at radius 1 is 1.05 bits per heavy atom. The van der Waals surface area contributed by atoms with Crippen molar-refractivity contribution in [2.75, 3.05) is 18.4 Å². The topological polar surface area (TPSA) is 147 Å². The Labute approximate surface area is 230 Å². The maximum absolute atomic E-state index is 13.3. The summed E-state index contributed by atoms with van der Waals surface area (Å²) < 4.78 is 0. The lowest BCUT2D eigenvalue weighted by atomic mass is 10.0. The summed E-state index contributed by atoms with van der Waals surface area (Å²) in [6.45, 7) is 6.97. The van der Waals surface area contributed by atoms with Crippen molar-refractivity contribution in [3.05, 3.63) is 79.3 Å². The highest BCUT2D eigenvalue weighted by Gasteiger charge is 2.31. The number of amides is 3. The molecule has 39 heavy (non-hydrogen) atoms. The highest BCUT2D eigenvalue weighted by Crippen LogP contribution is 2.17. The summed E-state index contributed by atoms with van der Waals surface area (Å²) in [5, 5.41) is 6.64. The lowest BCUT2D eigenvalue weighted by molar-refractivity contribution is -0.403. The van der Waals surface area contributed by atoms with Gasteiger partial charge >= 0.3 is 0 Å². The van der Waals surface area contributed by atoms with Crippen molar-refractivity contribution in [1.82, 2.24) is 15.2 Å². The maximum atomic E-state index is 13.3. The van der Waals surface area contributed by atoms with Crippen LogP contribution in [0.25, 0.3) is 10.9 Å². The second-order valence-electron chi connectivity index (χ2n) is 9.68. The zero-order valence-corrected chi connectivity index (χ0v) is 22.8. The van der Waals surface area contributed by atoms with E-state index in [9.17, 15) is 14.4 Å². The van der Waals surface area contributed by atoms with Gasteiger partial charge < -0.3 is 27.0 Å². The normalized spacial score (nSPS) is 13.3. The van der Waals surface area contributed by atoms with E-state index in [0.717, 1.165) is 22.9 Å². The first kappa shape index (κ1) is 29.6. The largest absolute Gasteiger partial charge is 0.356 e. The zero-order chi connectivity index (χ0) is 28.2. The lowest BCUT2D eigenvalue weighted by Crippen LogP contribution is -2.70. The molecular weight excluding hydrogens is 492 g/mol. The van der Waals surface area contributed by atoms with Crippen molar-refractivity contribution in [2.24, 2.45) is 0 Å². The summed E-state index contributed by atoms with van der Waals surface area (Å²) in [5.41, 5.74) is 10.3. The fourth-order valence-electron chi connectivity index (χ4n) is 4.57. The highest BCUT2D eigenvalue weighted by atomic mass is 16.2. The average molecular weight is 534 g/mol. The van der Waals surface area contributed by atoms with Crippen LogP contribution in [0.2, 0.25) is 0 Å². The van der Waals surface area contributed by atoms with Crippen LogP contribution < -0.4 is 22.1 Å². The molecule has 3 amide bonds. The van der Waals surface area contributed by atoms with Gasteiger partial charge in [0, 0.05) is 5.39 Å². The van der Waals surface area contributed by atoms with Gasteiger partial charge in [-0.1, -0.05) is 55.5 Å². The van der Waals surface area contributed by atoms with Gasteiger partial charge in [0.1, 0.15) is 12.5 Å². The Morgan fingerprint density at radius 2 is 1.77 bits per heavy atom. The fourth-order valence-corrected chi connectivity index (χ4v) is 4.57. The molecule has 1 aromatic heterocycles. The maximum Gasteiger partial charge on any atom is 0.279 e. The molecule has 3 unspecified atom stereocenters. The number of benzene rings is 2. The van der Waals surface area contributed by atoms with Crippen molar-refractivity contribution in [3.8, 4) is 0 Å². The molecule has 0 aliphatic rings. The molecule has 3 aromatic rings. The van der Waals surface area contributed by atoms with Crippen LogP contribution in [-0.4, -0.2) is 58.8 Å². The molecule has 0 saturated heterocycles. The van der Waals surface area contributed by atoms with Gasteiger partial charge in [-0.25, -0.2) is 0 Å². The number of para-hydroxylation sites is 1. The van der Waals surface area contributed by atoms with Crippen molar-refractivity contribution in [1.29, 1.82) is 0 Å². The molecule has 9 nitrogen and oxygen atoms in total. The first-order valence-electron chi connectivity index (χ1n) is 13.6. The van der Waals surface area contributed by atoms with E-state index in [1.54, 1.807) is 11.1 Å². The third-order valence-corrected chi connectivity index (χ3v) is 6.81. The summed E-state index contributed by atoms with van der Waals surface area (Å²) in [5.74, 6) is -0.945. The van der Waals surface area contributed by atoms with Crippen LogP contribution in [0.5, 0.6) is 0 Å². The minimum atomic E-state index is -0.846. The van der Waals surface area contributed by atoms with Gasteiger partial charge in [0.25, 0.3) is 5.91 Å².